The molecular formula is C17H28N2O2. The smallest absolute Gasteiger partial charge is 0.237 e. The number of hydrogen-bond donors (Lipinski definition) is 2. The Hall–Kier alpha value is -1.55. The third-order valence-electron chi connectivity index (χ3n) is 3.82. The minimum atomic E-state index is -0.230. The molecule has 1 amide bonds. The van der Waals surface area contributed by atoms with Gasteiger partial charge in [-0.25, -0.2) is 0 Å². The van der Waals surface area contributed by atoms with Crippen molar-refractivity contribution in [2.45, 2.75) is 58.7 Å². The van der Waals surface area contributed by atoms with E-state index in [4.69, 9.17) is 4.74 Å². The SMILES string of the molecule is CCC(CC)NC(=O)C(C)N[C@H](C)c1cccc(OC)c1. The largest absolute Gasteiger partial charge is 0.497 e. The third kappa shape index (κ3) is 5.38. The summed E-state index contributed by atoms with van der Waals surface area (Å²) in [5, 5.41) is 6.40. The van der Waals surface area contributed by atoms with Crippen molar-refractivity contribution >= 4 is 5.91 Å². The van der Waals surface area contributed by atoms with Crippen LogP contribution in [0.25, 0.3) is 0 Å². The molecule has 1 aromatic carbocycles. The molecule has 0 aliphatic heterocycles. The summed E-state index contributed by atoms with van der Waals surface area (Å²) in [7, 11) is 1.66. The van der Waals surface area contributed by atoms with Gasteiger partial charge in [0.25, 0.3) is 0 Å². The highest BCUT2D eigenvalue weighted by atomic mass is 16.5. The van der Waals surface area contributed by atoms with Crippen molar-refractivity contribution in [1.82, 2.24) is 10.6 Å². The summed E-state index contributed by atoms with van der Waals surface area (Å²) in [6, 6.07) is 8.01. The van der Waals surface area contributed by atoms with Crippen LogP contribution in [0, 0.1) is 0 Å². The number of benzene rings is 1. The molecule has 0 aromatic heterocycles. The summed E-state index contributed by atoms with van der Waals surface area (Å²) >= 11 is 0. The maximum absolute atomic E-state index is 12.2. The predicted octanol–water partition coefficient (Wildman–Crippen LogP) is 3.04. The van der Waals surface area contributed by atoms with Crippen LogP contribution in [0.5, 0.6) is 5.75 Å². The van der Waals surface area contributed by atoms with Crippen LogP contribution in [-0.2, 0) is 4.79 Å². The number of nitrogens with one attached hydrogen (secondary N) is 2. The average Bonchev–Trinajstić information content (AvgIpc) is 2.52. The van der Waals surface area contributed by atoms with Crippen LogP contribution in [0.15, 0.2) is 24.3 Å². The van der Waals surface area contributed by atoms with Crippen molar-refractivity contribution in [3.63, 3.8) is 0 Å². The molecule has 0 bridgehead atoms. The van der Waals surface area contributed by atoms with Crippen molar-refractivity contribution in [3.05, 3.63) is 29.8 Å². The van der Waals surface area contributed by atoms with Gasteiger partial charge in [0.1, 0.15) is 5.75 Å². The van der Waals surface area contributed by atoms with E-state index < -0.39 is 0 Å². The Morgan fingerprint density at radius 2 is 1.90 bits per heavy atom. The molecule has 4 nitrogen and oxygen atoms in total. The number of rotatable bonds is 8. The predicted molar refractivity (Wildman–Crippen MR) is 86.5 cm³/mol. The quantitative estimate of drug-likeness (QED) is 0.774. The van der Waals surface area contributed by atoms with E-state index in [0.29, 0.717) is 0 Å². The first-order valence-electron chi connectivity index (χ1n) is 7.72. The van der Waals surface area contributed by atoms with Crippen LogP contribution in [-0.4, -0.2) is 25.1 Å². The molecule has 0 spiro atoms. The van der Waals surface area contributed by atoms with Crippen LogP contribution in [0.1, 0.15) is 52.1 Å². The van der Waals surface area contributed by atoms with Crippen LogP contribution >= 0.6 is 0 Å². The molecule has 1 aromatic rings. The highest BCUT2D eigenvalue weighted by Crippen LogP contribution is 2.19. The minimum absolute atomic E-state index is 0.0541. The molecule has 2 atom stereocenters. The number of carbonyl (C=O) groups is 1. The van der Waals surface area contributed by atoms with Gasteiger partial charge in [0.2, 0.25) is 5.91 Å². The fourth-order valence-corrected chi connectivity index (χ4v) is 2.28. The van der Waals surface area contributed by atoms with E-state index in [1.54, 1.807) is 7.11 Å². The van der Waals surface area contributed by atoms with Gasteiger partial charge in [-0.3, -0.25) is 10.1 Å². The molecule has 21 heavy (non-hydrogen) atoms. The van der Waals surface area contributed by atoms with Crippen molar-refractivity contribution in [2.75, 3.05) is 7.11 Å². The van der Waals surface area contributed by atoms with Crippen LogP contribution in [0.3, 0.4) is 0 Å². The average molecular weight is 292 g/mol. The van der Waals surface area contributed by atoms with Gasteiger partial charge < -0.3 is 10.1 Å². The zero-order chi connectivity index (χ0) is 15.8. The minimum Gasteiger partial charge on any atom is -0.497 e. The summed E-state index contributed by atoms with van der Waals surface area (Å²) in [5.41, 5.74) is 1.11. The second-order valence-corrected chi connectivity index (χ2v) is 5.41. The first kappa shape index (κ1) is 17.5. The Labute approximate surface area is 128 Å². The highest BCUT2D eigenvalue weighted by molar-refractivity contribution is 5.81. The molecule has 0 fully saturated rings. The molecule has 0 saturated carbocycles. The summed E-state index contributed by atoms with van der Waals surface area (Å²) in [5.74, 6) is 0.883. The van der Waals surface area contributed by atoms with Gasteiger partial charge in [0, 0.05) is 12.1 Å². The summed E-state index contributed by atoms with van der Waals surface area (Å²) in [6.45, 7) is 8.13. The van der Waals surface area contributed by atoms with Crippen molar-refractivity contribution < 1.29 is 9.53 Å². The van der Waals surface area contributed by atoms with Gasteiger partial charge >= 0.3 is 0 Å². The van der Waals surface area contributed by atoms with E-state index in [9.17, 15) is 4.79 Å². The van der Waals surface area contributed by atoms with Crippen molar-refractivity contribution in [1.29, 1.82) is 0 Å². The van der Waals surface area contributed by atoms with Gasteiger partial charge in [-0.15, -0.1) is 0 Å². The normalized spacial score (nSPS) is 13.8. The van der Waals surface area contributed by atoms with E-state index in [1.807, 2.05) is 31.2 Å². The summed E-state index contributed by atoms with van der Waals surface area (Å²) in [6.07, 6.45) is 1.92. The second-order valence-electron chi connectivity index (χ2n) is 5.41. The van der Waals surface area contributed by atoms with Crippen LogP contribution < -0.4 is 15.4 Å². The standard InChI is InChI=1S/C17H28N2O2/c1-6-15(7-2)19-17(20)13(4)18-12(3)14-9-8-10-16(11-14)21-5/h8-13,15,18H,6-7H2,1-5H3,(H,19,20)/t12-,13?/m1/s1. The lowest BCUT2D eigenvalue weighted by atomic mass is 10.1. The first-order valence-corrected chi connectivity index (χ1v) is 7.72. The Kier molecular flexibility index (Phi) is 7.23. The van der Waals surface area contributed by atoms with Gasteiger partial charge in [-0.2, -0.15) is 0 Å². The van der Waals surface area contributed by atoms with Crippen molar-refractivity contribution in [2.24, 2.45) is 0 Å². The van der Waals surface area contributed by atoms with E-state index in [1.165, 1.54) is 0 Å². The zero-order valence-electron chi connectivity index (χ0n) is 13.8. The number of amides is 1. The Bertz CT molecular complexity index is 444. The highest BCUT2D eigenvalue weighted by Gasteiger charge is 2.18. The lowest BCUT2D eigenvalue weighted by Crippen LogP contribution is -2.46. The number of methoxy groups -OCH3 is 1. The number of hydrogen-bond acceptors (Lipinski definition) is 3. The fraction of sp³-hybridized carbons (Fsp3) is 0.588. The van der Waals surface area contributed by atoms with Gasteiger partial charge in [-0.1, -0.05) is 26.0 Å². The number of carbonyl (C=O) groups excluding carboxylic acids is 1. The number of ether oxygens (including phenoxy) is 1. The second kappa shape index (κ2) is 8.67. The molecule has 0 aliphatic rings. The first-order chi connectivity index (χ1) is 10.0. The summed E-state index contributed by atoms with van der Waals surface area (Å²) in [4.78, 5) is 12.2. The van der Waals surface area contributed by atoms with Gasteiger partial charge in [-0.05, 0) is 44.4 Å². The molecule has 0 saturated heterocycles. The topological polar surface area (TPSA) is 50.4 Å². The summed E-state index contributed by atoms with van der Waals surface area (Å²) < 4.78 is 5.23. The maximum Gasteiger partial charge on any atom is 0.237 e. The molecule has 4 heteroatoms. The van der Waals surface area contributed by atoms with E-state index in [0.717, 1.165) is 24.2 Å². The van der Waals surface area contributed by atoms with Gasteiger partial charge in [0.15, 0.2) is 0 Å². The molecule has 0 aliphatic carbocycles. The Morgan fingerprint density at radius 1 is 1.24 bits per heavy atom. The monoisotopic (exact) mass is 292 g/mol. The maximum atomic E-state index is 12.2. The molecular weight excluding hydrogens is 264 g/mol. The molecule has 0 heterocycles. The molecule has 1 rings (SSSR count). The van der Waals surface area contributed by atoms with E-state index >= 15 is 0 Å². The Balaban J connectivity index is 2.60. The zero-order valence-corrected chi connectivity index (χ0v) is 13.8. The van der Waals surface area contributed by atoms with Gasteiger partial charge in [0.05, 0.1) is 13.2 Å². The van der Waals surface area contributed by atoms with E-state index in [-0.39, 0.29) is 24.0 Å². The van der Waals surface area contributed by atoms with Crippen molar-refractivity contribution in [3.8, 4) is 5.75 Å². The molecule has 0 radical (unpaired) electrons. The molecule has 118 valence electrons. The van der Waals surface area contributed by atoms with E-state index in [2.05, 4.69) is 31.4 Å². The third-order valence-corrected chi connectivity index (χ3v) is 3.82. The Morgan fingerprint density at radius 3 is 2.48 bits per heavy atom. The molecule has 2 N–H and O–H groups in total. The fourth-order valence-electron chi connectivity index (χ4n) is 2.28. The van der Waals surface area contributed by atoms with Crippen LogP contribution in [0.4, 0.5) is 0 Å². The van der Waals surface area contributed by atoms with Crippen LogP contribution in [0.2, 0.25) is 0 Å². The molecule has 1 unspecified atom stereocenters. The lowest BCUT2D eigenvalue weighted by Gasteiger charge is -2.23. The lowest BCUT2D eigenvalue weighted by molar-refractivity contribution is -0.123.